The lowest BCUT2D eigenvalue weighted by atomic mass is 9.96. The van der Waals surface area contributed by atoms with Crippen LogP contribution in [0.3, 0.4) is 0 Å². The van der Waals surface area contributed by atoms with Gasteiger partial charge in [-0.3, -0.25) is 4.79 Å². The molecule has 102 valence electrons. The highest BCUT2D eigenvalue weighted by molar-refractivity contribution is 6.01. The van der Waals surface area contributed by atoms with E-state index in [1.807, 2.05) is 0 Å². The zero-order chi connectivity index (χ0) is 13.7. The maximum Gasteiger partial charge on any atom is 0.165 e. The number of carbonyl (C=O) groups excluding carboxylic acids is 2. The molecule has 4 nitrogen and oxygen atoms in total. The molecule has 0 heterocycles. The molecule has 4 heteroatoms. The van der Waals surface area contributed by atoms with Gasteiger partial charge in [-0.25, -0.2) is 0 Å². The van der Waals surface area contributed by atoms with Gasteiger partial charge in [0.2, 0.25) is 0 Å². The average molecular weight is 260 g/mol. The first-order valence-corrected chi connectivity index (χ1v) is 6.73. The number of anilines is 1. The van der Waals surface area contributed by atoms with Gasteiger partial charge in [0.25, 0.3) is 0 Å². The lowest BCUT2D eigenvalue weighted by molar-refractivity contribution is -0.302. The first-order valence-electron chi connectivity index (χ1n) is 6.73. The van der Waals surface area contributed by atoms with E-state index in [9.17, 15) is 14.7 Å². The number of hydrogen-bond acceptors (Lipinski definition) is 4. The van der Waals surface area contributed by atoms with Gasteiger partial charge in [0.05, 0.1) is 12.5 Å². The number of nitrogens with one attached hydrogen (secondary N) is 1. The van der Waals surface area contributed by atoms with E-state index < -0.39 is 5.97 Å². The molecular weight excluding hydrogens is 242 g/mol. The first kappa shape index (κ1) is 13.6. The van der Waals surface area contributed by atoms with E-state index in [2.05, 4.69) is 5.32 Å². The van der Waals surface area contributed by atoms with Crippen LogP contribution < -0.4 is 10.4 Å². The fourth-order valence-electron chi connectivity index (χ4n) is 2.63. The normalized spacial score (nSPS) is 15.4. The molecule has 1 aromatic rings. The van der Waals surface area contributed by atoms with Crippen molar-refractivity contribution in [1.29, 1.82) is 0 Å². The van der Waals surface area contributed by atoms with Crippen molar-refractivity contribution in [3.05, 3.63) is 29.8 Å². The second-order valence-electron chi connectivity index (χ2n) is 5.05. The molecule has 0 aliphatic heterocycles. The molecule has 2 rings (SSSR count). The van der Waals surface area contributed by atoms with Crippen molar-refractivity contribution < 1.29 is 14.7 Å². The van der Waals surface area contributed by atoms with Crippen LogP contribution in [0, 0.1) is 5.92 Å². The fraction of sp³-hybridized carbons (Fsp3) is 0.467. The molecule has 0 radical (unpaired) electrons. The van der Waals surface area contributed by atoms with Gasteiger partial charge in [0, 0.05) is 17.7 Å². The largest absolute Gasteiger partial charge is 0.548 e. The van der Waals surface area contributed by atoms with Crippen molar-refractivity contribution >= 4 is 17.4 Å². The zero-order valence-corrected chi connectivity index (χ0v) is 10.9. The molecule has 1 aliphatic carbocycles. The summed E-state index contributed by atoms with van der Waals surface area (Å²) < 4.78 is 0. The molecule has 0 unspecified atom stereocenters. The number of ketones is 1. The van der Waals surface area contributed by atoms with Gasteiger partial charge in [0.15, 0.2) is 5.78 Å². The van der Waals surface area contributed by atoms with Crippen molar-refractivity contribution in [3.8, 4) is 0 Å². The molecule has 1 aliphatic rings. The van der Waals surface area contributed by atoms with E-state index >= 15 is 0 Å². The Kier molecular flexibility index (Phi) is 4.55. The Balaban J connectivity index is 2.04. The lowest BCUT2D eigenvalue weighted by Gasteiger charge is -2.13. The highest BCUT2D eigenvalue weighted by Gasteiger charge is 2.20. The third-order valence-corrected chi connectivity index (χ3v) is 3.60. The number of carbonyl (C=O) groups is 2. The Morgan fingerprint density at radius 1 is 1.21 bits per heavy atom. The lowest BCUT2D eigenvalue weighted by Crippen LogP contribution is -2.30. The number of carboxylic acids is 1. The number of aliphatic carboxylic acids is 1. The van der Waals surface area contributed by atoms with E-state index in [0.29, 0.717) is 23.6 Å². The molecule has 0 amide bonds. The number of rotatable bonds is 6. The zero-order valence-electron chi connectivity index (χ0n) is 10.9. The van der Waals surface area contributed by atoms with Crippen molar-refractivity contribution in [2.75, 3.05) is 11.9 Å². The van der Waals surface area contributed by atoms with Crippen LogP contribution in [-0.4, -0.2) is 18.3 Å². The topological polar surface area (TPSA) is 69.2 Å². The molecule has 19 heavy (non-hydrogen) atoms. The number of Topliss-reactive ketones (excluding diaryl/α,β-unsaturated/α-hetero) is 1. The van der Waals surface area contributed by atoms with E-state index in [-0.39, 0.29) is 12.3 Å². The maximum atomic E-state index is 12.3. The summed E-state index contributed by atoms with van der Waals surface area (Å²) in [5.41, 5.74) is 1.16. The summed E-state index contributed by atoms with van der Waals surface area (Å²) in [6.45, 7) is -0.284. The minimum absolute atomic E-state index is 0.0911. The third kappa shape index (κ3) is 3.81. The number of carboxylic acid groups (broad SMARTS) is 1. The average Bonchev–Trinajstić information content (AvgIpc) is 2.89. The summed E-state index contributed by atoms with van der Waals surface area (Å²) in [4.78, 5) is 22.7. The van der Waals surface area contributed by atoms with Crippen LogP contribution in [-0.2, 0) is 4.79 Å². The molecule has 0 saturated heterocycles. The summed E-state index contributed by atoms with van der Waals surface area (Å²) >= 11 is 0. The Morgan fingerprint density at radius 3 is 2.58 bits per heavy atom. The molecule has 1 aromatic carbocycles. The highest BCUT2D eigenvalue weighted by atomic mass is 16.4. The van der Waals surface area contributed by atoms with Crippen molar-refractivity contribution in [2.24, 2.45) is 5.92 Å². The minimum Gasteiger partial charge on any atom is -0.548 e. The highest BCUT2D eigenvalue weighted by Crippen LogP contribution is 2.29. The van der Waals surface area contributed by atoms with Crippen molar-refractivity contribution in [1.82, 2.24) is 0 Å². The van der Waals surface area contributed by atoms with Crippen LogP contribution in [0.25, 0.3) is 0 Å². The SMILES string of the molecule is O=C([O-])CNc1ccccc1C(=O)CC1CCCC1. The minimum atomic E-state index is -1.18. The maximum absolute atomic E-state index is 12.3. The van der Waals surface area contributed by atoms with E-state index in [1.165, 1.54) is 12.8 Å². The standard InChI is InChI=1S/C15H19NO3/c17-14(9-11-5-1-2-6-11)12-7-3-4-8-13(12)16-10-15(18)19/h3-4,7-8,11,16H,1-2,5-6,9-10H2,(H,18,19)/p-1. The summed E-state index contributed by atoms with van der Waals surface area (Å²) in [6, 6.07) is 7.05. The molecule has 0 aromatic heterocycles. The van der Waals surface area contributed by atoms with Gasteiger partial charge in [-0.1, -0.05) is 37.8 Å². The molecule has 0 spiro atoms. The smallest absolute Gasteiger partial charge is 0.165 e. The quantitative estimate of drug-likeness (QED) is 0.789. The number of para-hydroxylation sites is 1. The van der Waals surface area contributed by atoms with Crippen molar-refractivity contribution in [3.63, 3.8) is 0 Å². The molecule has 1 fully saturated rings. The van der Waals surface area contributed by atoms with E-state index in [0.717, 1.165) is 12.8 Å². The molecule has 0 bridgehead atoms. The first-order chi connectivity index (χ1) is 9.16. The monoisotopic (exact) mass is 260 g/mol. The van der Waals surface area contributed by atoms with Crippen LogP contribution >= 0.6 is 0 Å². The number of hydrogen-bond donors (Lipinski definition) is 1. The van der Waals surface area contributed by atoms with Gasteiger partial charge in [-0.2, -0.15) is 0 Å². The summed E-state index contributed by atoms with van der Waals surface area (Å²) in [5, 5.41) is 13.2. The van der Waals surface area contributed by atoms with Crippen LogP contribution in [0.15, 0.2) is 24.3 Å². The predicted molar refractivity (Wildman–Crippen MR) is 70.8 cm³/mol. The number of benzene rings is 1. The molecule has 0 atom stereocenters. The Bertz CT molecular complexity index is 464. The van der Waals surface area contributed by atoms with Crippen molar-refractivity contribution in [2.45, 2.75) is 32.1 Å². The van der Waals surface area contributed by atoms with Gasteiger partial charge >= 0.3 is 0 Å². The van der Waals surface area contributed by atoms with Crippen LogP contribution in [0.4, 0.5) is 5.69 Å². The fourth-order valence-corrected chi connectivity index (χ4v) is 2.63. The second-order valence-corrected chi connectivity index (χ2v) is 5.05. The van der Waals surface area contributed by atoms with Crippen LogP contribution in [0.2, 0.25) is 0 Å². The summed E-state index contributed by atoms with van der Waals surface area (Å²) in [6.07, 6.45) is 5.23. The van der Waals surface area contributed by atoms with Gasteiger partial charge < -0.3 is 15.2 Å². The second kappa shape index (κ2) is 6.36. The summed E-state index contributed by atoms with van der Waals surface area (Å²) in [7, 11) is 0. The molecular formula is C15H18NO3-. The Labute approximate surface area is 112 Å². The molecule has 1 N–H and O–H groups in total. The van der Waals surface area contributed by atoms with Gasteiger partial charge in [0.1, 0.15) is 0 Å². The third-order valence-electron chi connectivity index (χ3n) is 3.60. The van der Waals surface area contributed by atoms with Crippen LogP contribution in [0.1, 0.15) is 42.5 Å². The van der Waals surface area contributed by atoms with Gasteiger partial charge in [-0.15, -0.1) is 0 Å². The van der Waals surface area contributed by atoms with E-state index in [4.69, 9.17) is 0 Å². The van der Waals surface area contributed by atoms with Crippen LogP contribution in [0.5, 0.6) is 0 Å². The molecule has 1 saturated carbocycles. The van der Waals surface area contributed by atoms with E-state index in [1.54, 1.807) is 24.3 Å². The predicted octanol–water partition coefficient (Wildman–Crippen LogP) is 1.61. The Hall–Kier alpha value is -1.84. The van der Waals surface area contributed by atoms with Gasteiger partial charge in [-0.05, 0) is 18.1 Å². The Morgan fingerprint density at radius 2 is 1.89 bits per heavy atom. The summed E-state index contributed by atoms with van der Waals surface area (Å²) in [5.74, 6) is -0.604.